The van der Waals surface area contributed by atoms with Crippen LogP contribution in [0.4, 0.5) is 0 Å². The SMILES string of the molecule is CC(C)(C)OC(=O)CCCC(=O)[O-].[Cs+]. The number of esters is 1. The van der Waals surface area contributed by atoms with Gasteiger partial charge >= 0.3 is 74.9 Å². The summed E-state index contributed by atoms with van der Waals surface area (Å²) in [6, 6.07) is 0. The molecule has 0 N–H and O–H groups in total. The maximum absolute atomic E-state index is 11.0. The fourth-order valence-electron chi connectivity index (χ4n) is 0.770. The molecule has 0 saturated carbocycles. The summed E-state index contributed by atoms with van der Waals surface area (Å²) in [5.41, 5.74) is -0.501. The van der Waals surface area contributed by atoms with Crippen LogP contribution in [0.25, 0.3) is 0 Å². The Morgan fingerprint density at radius 2 is 1.71 bits per heavy atom. The largest absolute Gasteiger partial charge is 1.00 e. The average molecular weight is 320 g/mol. The van der Waals surface area contributed by atoms with E-state index in [9.17, 15) is 14.7 Å². The Bertz CT molecular complexity index is 195. The fraction of sp³-hybridized carbons (Fsp3) is 0.778. The molecule has 0 radical (unpaired) electrons. The quantitative estimate of drug-likeness (QED) is 0.527. The molecule has 14 heavy (non-hydrogen) atoms. The molecule has 0 aliphatic rings. The Labute approximate surface area is 143 Å². The van der Waals surface area contributed by atoms with E-state index in [0.29, 0.717) is 0 Å². The van der Waals surface area contributed by atoms with Gasteiger partial charge < -0.3 is 14.6 Å². The minimum Gasteiger partial charge on any atom is -0.550 e. The number of carbonyl (C=O) groups excluding carboxylic acids is 2. The Morgan fingerprint density at radius 3 is 2.07 bits per heavy atom. The van der Waals surface area contributed by atoms with Gasteiger partial charge in [-0.05, 0) is 33.6 Å². The number of carbonyl (C=O) groups is 2. The van der Waals surface area contributed by atoms with Gasteiger partial charge in [-0.15, -0.1) is 0 Å². The van der Waals surface area contributed by atoms with Gasteiger partial charge in [-0.25, -0.2) is 0 Å². The van der Waals surface area contributed by atoms with Gasteiger partial charge in [0.1, 0.15) is 5.60 Å². The number of aliphatic carboxylic acids is 1. The van der Waals surface area contributed by atoms with Gasteiger partial charge in [0.2, 0.25) is 0 Å². The molecule has 4 nitrogen and oxygen atoms in total. The van der Waals surface area contributed by atoms with Crippen molar-refractivity contribution in [1.82, 2.24) is 0 Å². The first-order valence-electron chi connectivity index (χ1n) is 4.23. The average Bonchev–Trinajstić information content (AvgIpc) is 1.81. The summed E-state index contributed by atoms with van der Waals surface area (Å²) < 4.78 is 4.97. The standard InChI is InChI=1S/C9H16O4.Cs/c1-9(2,3)13-8(12)6-4-5-7(10)11;/h4-6H2,1-3H3,(H,10,11);/q;+1/p-1. The van der Waals surface area contributed by atoms with Crippen LogP contribution in [0.3, 0.4) is 0 Å². The van der Waals surface area contributed by atoms with Crippen LogP contribution in [-0.4, -0.2) is 17.5 Å². The van der Waals surface area contributed by atoms with Crippen molar-refractivity contribution in [2.75, 3.05) is 0 Å². The van der Waals surface area contributed by atoms with Gasteiger partial charge in [-0.1, -0.05) is 0 Å². The maximum atomic E-state index is 11.0. The number of ether oxygens (including phenoxy) is 1. The van der Waals surface area contributed by atoms with Crippen LogP contribution in [0.2, 0.25) is 0 Å². The van der Waals surface area contributed by atoms with Crippen LogP contribution in [0, 0.1) is 0 Å². The molecule has 0 saturated heterocycles. The summed E-state index contributed by atoms with van der Waals surface area (Å²) in [4.78, 5) is 21.0. The van der Waals surface area contributed by atoms with Crippen molar-refractivity contribution in [2.45, 2.75) is 45.6 Å². The molecule has 0 aromatic heterocycles. The molecular formula is C9H15CsO4. The predicted octanol–water partition coefficient (Wildman–Crippen LogP) is -2.75. The Kier molecular flexibility index (Phi) is 10.2. The van der Waals surface area contributed by atoms with Gasteiger partial charge in [0.15, 0.2) is 0 Å². The molecule has 0 aliphatic carbocycles. The molecule has 0 unspecified atom stereocenters. The van der Waals surface area contributed by atoms with Gasteiger partial charge in [0, 0.05) is 12.4 Å². The molecule has 0 rings (SSSR count). The molecule has 0 heterocycles. The van der Waals surface area contributed by atoms with E-state index in [2.05, 4.69) is 0 Å². The van der Waals surface area contributed by atoms with E-state index < -0.39 is 11.6 Å². The molecule has 0 aliphatic heterocycles. The summed E-state index contributed by atoms with van der Waals surface area (Å²) >= 11 is 0. The van der Waals surface area contributed by atoms with Crippen LogP contribution < -0.4 is 74.0 Å². The smallest absolute Gasteiger partial charge is 0.550 e. The van der Waals surface area contributed by atoms with E-state index >= 15 is 0 Å². The van der Waals surface area contributed by atoms with Crippen molar-refractivity contribution >= 4 is 11.9 Å². The van der Waals surface area contributed by atoms with E-state index in [1.54, 1.807) is 20.8 Å². The molecule has 0 bridgehead atoms. The third-order valence-electron chi connectivity index (χ3n) is 1.18. The summed E-state index contributed by atoms with van der Waals surface area (Å²) in [5.74, 6) is -1.50. The van der Waals surface area contributed by atoms with Gasteiger partial charge in [-0.2, -0.15) is 0 Å². The zero-order valence-corrected chi connectivity index (χ0v) is 15.5. The molecule has 5 heteroatoms. The van der Waals surface area contributed by atoms with Crippen molar-refractivity contribution in [1.29, 1.82) is 0 Å². The second-order valence-corrected chi connectivity index (χ2v) is 3.81. The zero-order chi connectivity index (χ0) is 10.5. The minimum absolute atomic E-state index is 0. The van der Waals surface area contributed by atoms with Crippen LogP contribution >= 0.6 is 0 Å². The van der Waals surface area contributed by atoms with Gasteiger partial charge in [0.05, 0.1) is 0 Å². The van der Waals surface area contributed by atoms with Gasteiger partial charge in [-0.3, -0.25) is 4.79 Å². The molecule has 0 fully saturated rings. The van der Waals surface area contributed by atoms with E-state index in [0.717, 1.165) is 0 Å². The van der Waals surface area contributed by atoms with Crippen molar-refractivity contribution in [3.63, 3.8) is 0 Å². The third kappa shape index (κ3) is 13.0. The van der Waals surface area contributed by atoms with Crippen LogP contribution in [0.5, 0.6) is 0 Å². The Hall–Kier alpha value is 0.992. The van der Waals surface area contributed by atoms with Crippen LogP contribution in [-0.2, 0) is 14.3 Å². The number of hydrogen-bond donors (Lipinski definition) is 0. The first-order valence-corrected chi connectivity index (χ1v) is 4.23. The van der Waals surface area contributed by atoms with Crippen molar-refractivity contribution < 1.29 is 88.3 Å². The molecule has 0 amide bonds. The first-order chi connectivity index (χ1) is 5.81. The molecule has 0 aromatic carbocycles. The van der Waals surface area contributed by atoms with Gasteiger partial charge in [0.25, 0.3) is 0 Å². The van der Waals surface area contributed by atoms with Crippen LogP contribution in [0.15, 0.2) is 0 Å². The van der Waals surface area contributed by atoms with Crippen LogP contribution in [0.1, 0.15) is 40.0 Å². The van der Waals surface area contributed by atoms with E-state index in [4.69, 9.17) is 4.74 Å². The first kappa shape index (κ1) is 17.4. The minimum atomic E-state index is -1.14. The van der Waals surface area contributed by atoms with E-state index in [-0.39, 0.29) is 94.1 Å². The fourth-order valence-corrected chi connectivity index (χ4v) is 0.770. The number of carboxylic acid groups (broad SMARTS) is 1. The zero-order valence-electron chi connectivity index (χ0n) is 9.25. The summed E-state index contributed by atoms with van der Waals surface area (Å²) in [5, 5.41) is 10.0. The van der Waals surface area contributed by atoms with Crippen molar-refractivity contribution in [3.8, 4) is 0 Å². The Morgan fingerprint density at radius 1 is 1.21 bits per heavy atom. The summed E-state index contributed by atoms with van der Waals surface area (Å²) in [6.45, 7) is 5.30. The van der Waals surface area contributed by atoms with Crippen molar-refractivity contribution in [2.24, 2.45) is 0 Å². The second kappa shape index (κ2) is 8.18. The molecular weight excluding hydrogens is 305 g/mol. The topological polar surface area (TPSA) is 66.4 Å². The predicted molar refractivity (Wildman–Crippen MR) is 44.7 cm³/mol. The summed E-state index contributed by atoms with van der Waals surface area (Å²) in [6.07, 6.45) is 0.307. The molecule has 76 valence electrons. The molecule has 0 atom stereocenters. The molecule has 0 spiro atoms. The summed E-state index contributed by atoms with van der Waals surface area (Å²) in [7, 11) is 0. The normalized spacial score (nSPS) is 10.2. The number of hydrogen-bond acceptors (Lipinski definition) is 4. The third-order valence-corrected chi connectivity index (χ3v) is 1.18. The van der Waals surface area contributed by atoms with Crippen molar-refractivity contribution in [3.05, 3.63) is 0 Å². The monoisotopic (exact) mass is 320 g/mol. The Balaban J connectivity index is 0. The van der Waals surface area contributed by atoms with E-state index in [1.165, 1.54) is 0 Å². The number of carboxylic acids is 1. The molecule has 0 aromatic rings. The van der Waals surface area contributed by atoms with E-state index in [1.807, 2.05) is 0 Å². The maximum Gasteiger partial charge on any atom is 1.00 e. The second-order valence-electron chi connectivity index (χ2n) is 3.81. The number of rotatable bonds is 4.